The minimum Gasteiger partial charge on any atom is -0.379 e. The van der Waals surface area contributed by atoms with Crippen LogP contribution < -0.4 is 4.18 Å². The minimum atomic E-state index is -4.72. The first kappa shape index (κ1) is 29.7. The van der Waals surface area contributed by atoms with Gasteiger partial charge < -0.3 is 4.18 Å². The zero-order chi connectivity index (χ0) is 28.5. The highest BCUT2D eigenvalue weighted by Gasteiger charge is 2.32. The van der Waals surface area contributed by atoms with Crippen molar-refractivity contribution in [3.8, 4) is 5.75 Å². The van der Waals surface area contributed by atoms with Crippen LogP contribution in [0.1, 0.15) is 41.7 Å². The number of rotatable bonds is 9. The van der Waals surface area contributed by atoms with E-state index < -0.39 is 36.8 Å². The Morgan fingerprint density at radius 2 is 1.47 bits per heavy atom. The predicted molar refractivity (Wildman–Crippen MR) is 139 cm³/mol. The SMILES string of the molecule is Cc1cc(C)c(S(=O)(=O)N(Cc2cccc(OS(=O)(=O)c3cccc(C(F)(F)F)c3)c2)CC(C)C)c(C)c1. The van der Waals surface area contributed by atoms with Crippen molar-refractivity contribution in [2.75, 3.05) is 6.54 Å². The van der Waals surface area contributed by atoms with Crippen molar-refractivity contribution in [2.24, 2.45) is 5.92 Å². The Morgan fingerprint density at radius 1 is 0.868 bits per heavy atom. The number of halogens is 3. The van der Waals surface area contributed by atoms with Gasteiger partial charge in [-0.1, -0.05) is 49.7 Å². The van der Waals surface area contributed by atoms with E-state index in [1.165, 1.54) is 22.5 Å². The van der Waals surface area contributed by atoms with E-state index in [0.29, 0.717) is 22.8 Å². The number of hydrogen-bond donors (Lipinski definition) is 0. The Balaban J connectivity index is 1.93. The first-order chi connectivity index (χ1) is 17.5. The van der Waals surface area contributed by atoms with Gasteiger partial charge in [0.05, 0.1) is 10.5 Å². The molecule has 38 heavy (non-hydrogen) atoms. The largest absolute Gasteiger partial charge is 0.416 e. The lowest BCUT2D eigenvalue weighted by atomic mass is 10.1. The lowest BCUT2D eigenvalue weighted by Gasteiger charge is -2.26. The fraction of sp³-hybridized carbons (Fsp3) is 0.333. The molecule has 3 aromatic carbocycles. The molecule has 0 aliphatic carbocycles. The molecule has 3 aromatic rings. The second-order valence-electron chi connectivity index (χ2n) is 9.63. The summed E-state index contributed by atoms with van der Waals surface area (Å²) in [5.41, 5.74) is 1.53. The maximum Gasteiger partial charge on any atom is 0.416 e. The molecule has 0 saturated carbocycles. The van der Waals surface area contributed by atoms with E-state index in [0.717, 1.165) is 23.8 Å². The normalized spacial score (nSPS) is 12.8. The Bertz CT molecular complexity index is 1510. The van der Waals surface area contributed by atoms with E-state index in [-0.39, 0.29) is 29.7 Å². The van der Waals surface area contributed by atoms with Gasteiger partial charge in [0.1, 0.15) is 10.6 Å². The summed E-state index contributed by atoms with van der Waals surface area (Å²) in [6.45, 7) is 9.30. The van der Waals surface area contributed by atoms with Gasteiger partial charge in [0, 0.05) is 13.1 Å². The summed E-state index contributed by atoms with van der Waals surface area (Å²) >= 11 is 0. The summed E-state index contributed by atoms with van der Waals surface area (Å²) in [6, 6.07) is 12.7. The van der Waals surface area contributed by atoms with Crippen LogP contribution in [0.4, 0.5) is 13.2 Å². The third-order valence-electron chi connectivity index (χ3n) is 5.68. The smallest absolute Gasteiger partial charge is 0.379 e. The van der Waals surface area contributed by atoms with Gasteiger partial charge in [0.15, 0.2) is 0 Å². The first-order valence-electron chi connectivity index (χ1n) is 11.8. The fourth-order valence-corrected chi connectivity index (χ4v) is 7.23. The first-order valence-corrected chi connectivity index (χ1v) is 14.6. The van der Waals surface area contributed by atoms with Crippen LogP contribution in [0.5, 0.6) is 5.75 Å². The molecule has 0 aromatic heterocycles. The number of sulfonamides is 1. The van der Waals surface area contributed by atoms with Crippen molar-refractivity contribution in [3.63, 3.8) is 0 Å². The second kappa shape index (κ2) is 11.1. The summed E-state index contributed by atoms with van der Waals surface area (Å²) in [5, 5.41) is 0. The quantitative estimate of drug-likeness (QED) is 0.285. The van der Waals surface area contributed by atoms with Crippen molar-refractivity contribution in [1.82, 2.24) is 4.31 Å². The molecule has 0 atom stereocenters. The summed E-state index contributed by atoms with van der Waals surface area (Å²) in [4.78, 5) is -0.421. The van der Waals surface area contributed by atoms with Crippen molar-refractivity contribution in [2.45, 2.75) is 57.1 Å². The van der Waals surface area contributed by atoms with Crippen LogP contribution >= 0.6 is 0 Å². The fourth-order valence-electron chi connectivity index (χ4n) is 4.26. The van der Waals surface area contributed by atoms with Crippen LogP contribution in [-0.4, -0.2) is 27.7 Å². The van der Waals surface area contributed by atoms with Crippen molar-refractivity contribution in [3.05, 3.63) is 88.5 Å². The molecule has 3 rings (SSSR count). The molecule has 0 saturated heterocycles. The van der Waals surface area contributed by atoms with Gasteiger partial charge in [0.2, 0.25) is 10.0 Å². The highest BCUT2D eigenvalue weighted by molar-refractivity contribution is 7.89. The van der Waals surface area contributed by atoms with Gasteiger partial charge in [-0.25, -0.2) is 8.42 Å². The highest BCUT2D eigenvalue weighted by atomic mass is 32.2. The summed E-state index contributed by atoms with van der Waals surface area (Å²) in [7, 11) is -8.49. The number of hydrogen-bond acceptors (Lipinski definition) is 5. The molecule has 0 spiro atoms. The van der Waals surface area contributed by atoms with Crippen LogP contribution in [0.3, 0.4) is 0 Å². The molecule has 0 unspecified atom stereocenters. The lowest BCUT2D eigenvalue weighted by Crippen LogP contribution is -2.34. The van der Waals surface area contributed by atoms with Crippen LogP contribution in [0.15, 0.2) is 70.5 Å². The van der Waals surface area contributed by atoms with Crippen LogP contribution in [0.25, 0.3) is 0 Å². The minimum absolute atomic E-state index is 0.00319. The van der Waals surface area contributed by atoms with Gasteiger partial charge in [0.25, 0.3) is 0 Å². The van der Waals surface area contributed by atoms with Crippen molar-refractivity contribution in [1.29, 1.82) is 0 Å². The van der Waals surface area contributed by atoms with Gasteiger partial charge in [-0.05, 0) is 73.7 Å². The predicted octanol–water partition coefficient (Wildman–Crippen LogP) is 6.25. The maximum absolute atomic E-state index is 13.7. The monoisotopic (exact) mass is 569 g/mol. The summed E-state index contributed by atoms with van der Waals surface area (Å²) < 4.78 is 98.5. The number of aryl methyl sites for hydroxylation is 3. The Kier molecular flexibility index (Phi) is 8.64. The molecule has 0 fully saturated rings. The van der Waals surface area contributed by atoms with Crippen LogP contribution in [0.2, 0.25) is 0 Å². The summed E-state index contributed by atoms with van der Waals surface area (Å²) in [6.07, 6.45) is -4.72. The zero-order valence-electron chi connectivity index (χ0n) is 21.7. The average Bonchev–Trinajstić information content (AvgIpc) is 2.77. The Hall–Kier alpha value is -2.89. The van der Waals surface area contributed by atoms with E-state index in [1.807, 2.05) is 20.8 Å². The van der Waals surface area contributed by atoms with Crippen molar-refractivity contribution < 1.29 is 34.2 Å². The topological polar surface area (TPSA) is 80.8 Å². The standard InChI is InChI=1S/C27H30F3NO5S2/c1-18(2)16-31(37(32,33)26-20(4)12-19(3)13-21(26)5)17-22-8-6-10-24(14-22)36-38(34,35)25-11-7-9-23(15-25)27(28,29)30/h6-15,18H,16-17H2,1-5H3. The number of benzene rings is 3. The van der Waals surface area contributed by atoms with Gasteiger partial charge in [-0.15, -0.1) is 0 Å². The number of alkyl halides is 3. The van der Waals surface area contributed by atoms with E-state index in [9.17, 15) is 30.0 Å². The Morgan fingerprint density at radius 3 is 2.05 bits per heavy atom. The summed E-state index contributed by atoms with van der Waals surface area (Å²) in [5.74, 6) is -0.152. The van der Waals surface area contributed by atoms with Crippen LogP contribution in [-0.2, 0) is 32.9 Å². The molecule has 0 amide bonds. The van der Waals surface area contributed by atoms with E-state index >= 15 is 0 Å². The molecule has 0 aliphatic rings. The van der Waals surface area contributed by atoms with E-state index in [2.05, 4.69) is 0 Å². The van der Waals surface area contributed by atoms with Gasteiger partial charge >= 0.3 is 16.3 Å². The molecule has 0 N–H and O–H groups in total. The molecular weight excluding hydrogens is 539 g/mol. The van der Waals surface area contributed by atoms with E-state index in [4.69, 9.17) is 4.18 Å². The third-order valence-corrected chi connectivity index (χ3v) is 9.05. The van der Waals surface area contributed by atoms with Crippen LogP contribution in [0, 0.1) is 26.7 Å². The molecule has 6 nitrogen and oxygen atoms in total. The number of nitrogens with zero attached hydrogens (tertiary/aromatic N) is 1. The maximum atomic E-state index is 13.7. The van der Waals surface area contributed by atoms with Gasteiger partial charge in [-0.3, -0.25) is 0 Å². The molecular formula is C27H30F3NO5S2. The Labute approximate surface area is 222 Å². The zero-order valence-corrected chi connectivity index (χ0v) is 23.3. The van der Waals surface area contributed by atoms with Crippen molar-refractivity contribution >= 4 is 20.1 Å². The molecule has 206 valence electrons. The molecule has 11 heteroatoms. The molecule has 0 aliphatic heterocycles. The second-order valence-corrected chi connectivity index (χ2v) is 13.1. The molecule has 0 heterocycles. The molecule has 0 radical (unpaired) electrons. The van der Waals surface area contributed by atoms with Gasteiger partial charge in [-0.2, -0.15) is 25.9 Å². The third kappa shape index (κ3) is 6.95. The average molecular weight is 570 g/mol. The van der Waals surface area contributed by atoms with E-state index in [1.54, 1.807) is 32.0 Å². The highest BCUT2D eigenvalue weighted by Crippen LogP contribution is 2.32. The lowest BCUT2D eigenvalue weighted by molar-refractivity contribution is -0.137. The molecule has 0 bridgehead atoms.